The van der Waals surface area contributed by atoms with Crippen molar-refractivity contribution in [2.45, 2.75) is 38.6 Å². The van der Waals surface area contributed by atoms with Crippen LogP contribution in [0.25, 0.3) is 0 Å². The van der Waals surface area contributed by atoms with E-state index in [0.717, 1.165) is 12.8 Å². The highest BCUT2D eigenvalue weighted by molar-refractivity contribution is 5.23. The summed E-state index contributed by atoms with van der Waals surface area (Å²) in [5, 5.41) is 0. The van der Waals surface area contributed by atoms with Crippen LogP contribution in [0.1, 0.15) is 37.3 Å². The molecule has 112 valence electrons. The monoisotopic (exact) mass is 283 g/mol. The van der Waals surface area contributed by atoms with Gasteiger partial charge in [0.15, 0.2) is 0 Å². The third-order valence-electron chi connectivity index (χ3n) is 4.27. The largest absolute Gasteiger partial charge is 0.271 e. The molecule has 0 aliphatic rings. The number of hydrogen-bond acceptors (Lipinski definition) is 3. The fourth-order valence-electron chi connectivity index (χ4n) is 2.95. The first-order valence-corrected chi connectivity index (χ1v) is 7.66. The van der Waals surface area contributed by atoms with Gasteiger partial charge in [-0.3, -0.25) is 16.3 Å². The molecule has 1 heterocycles. The summed E-state index contributed by atoms with van der Waals surface area (Å²) >= 11 is 0. The van der Waals surface area contributed by atoms with Crippen LogP contribution >= 0.6 is 0 Å². The standard InChI is InChI=1S/C18H25N3/c1-3-14(2)18(16-9-5-4-6-10-16)17(21-19)12-15-8-7-11-20-13-15/h4-11,13-14,17-18,21H,3,12,19H2,1-2H3. The summed E-state index contributed by atoms with van der Waals surface area (Å²) in [5.41, 5.74) is 5.60. The molecule has 0 saturated carbocycles. The van der Waals surface area contributed by atoms with Crippen molar-refractivity contribution >= 4 is 0 Å². The Bertz CT molecular complexity index is 513. The van der Waals surface area contributed by atoms with Crippen LogP contribution in [-0.2, 0) is 6.42 Å². The maximum atomic E-state index is 5.88. The van der Waals surface area contributed by atoms with Crippen LogP contribution in [0, 0.1) is 5.92 Å². The van der Waals surface area contributed by atoms with E-state index in [0.29, 0.717) is 11.8 Å². The Balaban J connectivity index is 2.25. The third-order valence-corrected chi connectivity index (χ3v) is 4.27. The third kappa shape index (κ3) is 4.13. The van der Waals surface area contributed by atoms with E-state index in [1.807, 2.05) is 12.3 Å². The first kappa shape index (κ1) is 15.7. The van der Waals surface area contributed by atoms with Gasteiger partial charge in [0.25, 0.3) is 0 Å². The van der Waals surface area contributed by atoms with Gasteiger partial charge in [-0.15, -0.1) is 0 Å². The van der Waals surface area contributed by atoms with Crippen molar-refractivity contribution in [1.82, 2.24) is 10.4 Å². The van der Waals surface area contributed by atoms with Crippen LogP contribution in [-0.4, -0.2) is 11.0 Å². The van der Waals surface area contributed by atoms with Crippen LogP contribution in [0.3, 0.4) is 0 Å². The minimum atomic E-state index is 0.201. The van der Waals surface area contributed by atoms with Gasteiger partial charge in [-0.05, 0) is 29.5 Å². The average Bonchev–Trinajstić information content (AvgIpc) is 2.56. The highest BCUT2D eigenvalue weighted by atomic mass is 15.2. The topological polar surface area (TPSA) is 50.9 Å². The van der Waals surface area contributed by atoms with Gasteiger partial charge in [0, 0.05) is 24.4 Å². The molecule has 0 aliphatic heterocycles. The smallest absolute Gasteiger partial charge is 0.0322 e. The summed E-state index contributed by atoms with van der Waals surface area (Å²) in [6, 6.07) is 14.9. The molecule has 3 nitrogen and oxygen atoms in total. The van der Waals surface area contributed by atoms with E-state index in [-0.39, 0.29) is 6.04 Å². The lowest BCUT2D eigenvalue weighted by molar-refractivity contribution is 0.335. The Hall–Kier alpha value is -1.71. The second-order valence-electron chi connectivity index (χ2n) is 5.66. The first-order chi connectivity index (χ1) is 10.3. The molecular weight excluding hydrogens is 258 g/mol. The molecule has 3 atom stereocenters. The lowest BCUT2D eigenvalue weighted by Gasteiger charge is -2.31. The molecule has 0 fully saturated rings. The number of hydrogen-bond donors (Lipinski definition) is 2. The molecule has 0 aliphatic carbocycles. The van der Waals surface area contributed by atoms with Crippen molar-refractivity contribution in [2.24, 2.45) is 11.8 Å². The molecule has 3 unspecified atom stereocenters. The summed E-state index contributed by atoms with van der Waals surface area (Å²) in [5.74, 6) is 6.83. The number of nitrogens with two attached hydrogens (primary N) is 1. The summed E-state index contributed by atoms with van der Waals surface area (Å²) in [4.78, 5) is 4.20. The van der Waals surface area contributed by atoms with E-state index in [1.54, 1.807) is 6.20 Å². The zero-order valence-electron chi connectivity index (χ0n) is 12.9. The zero-order valence-corrected chi connectivity index (χ0v) is 12.9. The second kappa shape index (κ2) is 7.91. The van der Waals surface area contributed by atoms with Crippen LogP contribution in [0.15, 0.2) is 54.9 Å². The fraction of sp³-hybridized carbons (Fsp3) is 0.389. The first-order valence-electron chi connectivity index (χ1n) is 7.66. The van der Waals surface area contributed by atoms with E-state index in [9.17, 15) is 0 Å². The summed E-state index contributed by atoms with van der Waals surface area (Å²) in [7, 11) is 0. The van der Waals surface area contributed by atoms with Crippen molar-refractivity contribution in [1.29, 1.82) is 0 Å². The van der Waals surface area contributed by atoms with Gasteiger partial charge in [0.2, 0.25) is 0 Å². The van der Waals surface area contributed by atoms with Crippen molar-refractivity contribution in [3.63, 3.8) is 0 Å². The summed E-state index contributed by atoms with van der Waals surface area (Å²) < 4.78 is 0. The molecule has 2 aromatic rings. The number of benzene rings is 1. The van der Waals surface area contributed by atoms with Gasteiger partial charge in [-0.1, -0.05) is 56.7 Å². The summed E-state index contributed by atoms with van der Waals surface area (Å²) in [6.45, 7) is 4.53. The number of nitrogens with zero attached hydrogens (tertiary/aromatic N) is 1. The number of pyridine rings is 1. The maximum Gasteiger partial charge on any atom is 0.0322 e. The van der Waals surface area contributed by atoms with E-state index < -0.39 is 0 Å². The SMILES string of the molecule is CCC(C)C(c1ccccc1)C(Cc1cccnc1)NN. The van der Waals surface area contributed by atoms with E-state index in [4.69, 9.17) is 5.84 Å². The molecule has 2 rings (SSSR count). The maximum absolute atomic E-state index is 5.88. The van der Waals surface area contributed by atoms with Crippen LogP contribution in [0.2, 0.25) is 0 Å². The van der Waals surface area contributed by atoms with E-state index in [1.165, 1.54) is 11.1 Å². The molecule has 0 radical (unpaired) electrons. The predicted molar refractivity (Wildman–Crippen MR) is 87.7 cm³/mol. The minimum absolute atomic E-state index is 0.201. The Kier molecular flexibility index (Phi) is 5.90. The van der Waals surface area contributed by atoms with Gasteiger partial charge in [-0.2, -0.15) is 0 Å². The van der Waals surface area contributed by atoms with Crippen molar-refractivity contribution in [2.75, 3.05) is 0 Å². The van der Waals surface area contributed by atoms with E-state index in [2.05, 4.69) is 60.7 Å². The van der Waals surface area contributed by atoms with Gasteiger partial charge >= 0.3 is 0 Å². The number of hydrazine groups is 1. The quantitative estimate of drug-likeness (QED) is 0.605. The van der Waals surface area contributed by atoms with Gasteiger partial charge in [0.1, 0.15) is 0 Å². The molecule has 0 saturated heterocycles. The van der Waals surface area contributed by atoms with Gasteiger partial charge in [0.05, 0.1) is 0 Å². The summed E-state index contributed by atoms with van der Waals surface area (Å²) in [6.07, 6.45) is 5.74. The van der Waals surface area contributed by atoms with Crippen LogP contribution in [0.4, 0.5) is 0 Å². The Morgan fingerprint density at radius 3 is 2.48 bits per heavy atom. The predicted octanol–water partition coefficient (Wildman–Crippen LogP) is 3.29. The molecule has 1 aromatic heterocycles. The zero-order chi connectivity index (χ0) is 15.1. The number of nitrogens with one attached hydrogen (secondary N) is 1. The molecule has 0 amide bonds. The fourth-order valence-corrected chi connectivity index (χ4v) is 2.95. The molecule has 21 heavy (non-hydrogen) atoms. The van der Waals surface area contributed by atoms with Crippen LogP contribution in [0.5, 0.6) is 0 Å². The van der Waals surface area contributed by atoms with Crippen LogP contribution < -0.4 is 11.3 Å². The highest BCUT2D eigenvalue weighted by Crippen LogP contribution is 2.31. The number of aromatic nitrogens is 1. The normalized spacial score (nSPS) is 15.4. The van der Waals surface area contributed by atoms with Crippen molar-refractivity contribution in [3.8, 4) is 0 Å². The lowest BCUT2D eigenvalue weighted by atomic mass is 9.78. The molecule has 1 aromatic carbocycles. The Morgan fingerprint density at radius 2 is 1.90 bits per heavy atom. The Labute approximate surface area is 127 Å². The van der Waals surface area contributed by atoms with E-state index >= 15 is 0 Å². The average molecular weight is 283 g/mol. The number of rotatable bonds is 7. The lowest BCUT2D eigenvalue weighted by Crippen LogP contribution is -2.43. The van der Waals surface area contributed by atoms with Crippen molar-refractivity contribution in [3.05, 3.63) is 66.0 Å². The molecule has 3 heteroatoms. The van der Waals surface area contributed by atoms with Gasteiger partial charge < -0.3 is 0 Å². The molecule has 3 N–H and O–H groups in total. The molecule has 0 bridgehead atoms. The minimum Gasteiger partial charge on any atom is -0.271 e. The second-order valence-corrected chi connectivity index (χ2v) is 5.66. The molecular formula is C18H25N3. The molecule has 0 spiro atoms. The highest BCUT2D eigenvalue weighted by Gasteiger charge is 2.27. The van der Waals surface area contributed by atoms with Crippen molar-refractivity contribution < 1.29 is 0 Å². The Morgan fingerprint density at radius 1 is 1.14 bits per heavy atom. The van der Waals surface area contributed by atoms with Gasteiger partial charge in [-0.25, -0.2) is 0 Å².